The fraction of sp³-hybridized carbons (Fsp3) is 0.400. The maximum atomic E-state index is 5.33. The van der Waals surface area contributed by atoms with E-state index in [4.69, 9.17) is 19.0 Å². The second-order valence-electron chi connectivity index (χ2n) is 3.02. The van der Waals surface area contributed by atoms with Gasteiger partial charge in [0.1, 0.15) is 0 Å². The van der Waals surface area contributed by atoms with Gasteiger partial charge in [0.15, 0.2) is 11.5 Å². The molecule has 82 valence electrons. The van der Waals surface area contributed by atoms with Crippen LogP contribution in [0.2, 0.25) is 0 Å². The lowest BCUT2D eigenvalue weighted by Crippen LogP contribution is -2.11. The molecule has 0 atom stereocenters. The molecule has 1 aliphatic rings. The lowest BCUT2D eigenvalue weighted by molar-refractivity contribution is 0.0860. The van der Waals surface area contributed by atoms with Gasteiger partial charge in [-0.05, 0) is 12.1 Å². The minimum Gasteiger partial charge on any atom is -0.492 e. The van der Waals surface area contributed by atoms with Gasteiger partial charge in [-0.25, -0.2) is 0 Å². The fourth-order valence-corrected chi connectivity index (χ4v) is 1.50. The summed E-state index contributed by atoms with van der Waals surface area (Å²) in [6.07, 6.45) is 0. The first-order valence-corrected chi connectivity index (χ1v) is 4.58. The van der Waals surface area contributed by atoms with E-state index >= 15 is 0 Å². The lowest BCUT2D eigenvalue weighted by Gasteiger charge is -2.10. The standard InChI is InChI=1S/C10H13NO4/c1-12-9-7(5-11-13-2)3-4-8-10(9)15-6-14-8/h3-4,11H,5-6H2,1-2H3. The van der Waals surface area contributed by atoms with Crippen molar-refractivity contribution in [3.8, 4) is 17.2 Å². The second-order valence-corrected chi connectivity index (χ2v) is 3.02. The van der Waals surface area contributed by atoms with E-state index in [0.29, 0.717) is 23.8 Å². The van der Waals surface area contributed by atoms with E-state index in [9.17, 15) is 0 Å². The van der Waals surface area contributed by atoms with Crippen LogP contribution in [0.1, 0.15) is 5.56 Å². The molecule has 15 heavy (non-hydrogen) atoms. The molecule has 0 amide bonds. The van der Waals surface area contributed by atoms with Crippen LogP contribution in [0.25, 0.3) is 0 Å². The van der Waals surface area contributed by atoms with Crippen LogP contribution >= 0.6 is 0 Å². The Bertz CT molecular complexity index is 354. The largest absolute Gasteiger partial charge is 0.492 e. The number of nitrogens with one attached hydrogen (secondary N) is 1. The third kappa shape index (κ3) is 1.84. The van der Waals surface area contributed by atoms with Gasteiger partial charge < -0.3 is 19.0 Å². The first-order chi connectivity index (χ1) is 7.36. The van der Waals surface area contributed by atoms with Gasteiger partial charge in [-0.2, -0.15) is 5.48 Å². The molecule has 0 saturated carbocycles. The molecule has 5 nitrogen and oxygen atoms in total. The van der Waals surface area contributed by atoms with Crippen LogP contribution in [0, 0.1) is 0 Å². The minimum absolute atomic E-state index is 0.243. The Morgan fingerprint density at radius 2 is 2.20 bits per heavy atom. The number of hydroxylamine groups is 1. The molecule has 0 unspecified atom stereocenters. The van der Waals surface area contributed by atoms with E-state index in [0.717, 1.165) is 5.56 Å². The summed E-state index contributed by atoms with van der Waals surface area (Å²) in [5, 5.41) is 0. The number of hydrogen-bond acceptors (Lipinski definition) is 5. The average Bonchev–Trinajstić information content (AvgIpc) is 2.73. The van der Waals surface area contributed by atoms with Gasteiger partial charge in [-0.1, -0.05) is 0 Å². The third-order valence-electron chi connectivity index (χ3n) is 2.19. The van der Waals surface area contributed by atoms with Crippen molar-refractivity contribution in [2.75, 3.05) is 21.0 Å². The van der Waals surface area contributed by atoms with E-state index in [1.165, 1.54) is 0 Å². The minimum atomic E-state index is 0.243. The summed E-state index contributed by atoms with van der Waals surface area (Å²) in [6.45, 7) is 0.795. The molecule has 0 aromatic heterocycles. The highest BCUT2D eigenvalue weighted by Crippen LogP contribution is 2.42. The van der Waals surface area contributed by atoms with Crippen molar-refractivity contribution in [2.45, 2.75) is 6.54 Å². The molecule has 0 radical (unpaired) electrons. The van der Waals surface area contributed by atoms with Crippen LogP contribution in [0.15, 0.2) is 12.1 Å². The second kappa shape index (κ2) is 4.37. The molecule has 0 aliphatic carbocycles. The highest BCUT2D eigenvalue weighted by molar-refractivity contribution is 5.56. The monoisotopic (exact) mass is 211 g/mol. The number of hydrogen-bond donors (Lipinski definition) is 1. The first-order valence-electron chi connectivity index (χ1n) is 4.58. The van der Waals surface area contributed by atoms with Crippen LogP contribution in [0.4, 0.5) is 0 Å². The maximum Gasteiger partial charge on any atom is 0.231 e. The van der Waals surface area contributed by atoms with Crippen LogP contribution in [0.5, 0.6) is 17.2 Å². The van der Waals surface area contributed by atoms with E-state index < -0.39 is 0 Å². The van der Waals surface area contributed by atoms with E-state index in [1.807, 2.05) is 12.1 Å². The number of fused-ring (bicyclic) bond motifs is 1. The number of methoxy groups -OCH3 is 1. The highest BCUT2D eigenvalue weighted by Gasteiger charge is 2.21. The summed E-state index contributed by atoms with van der Waals surface area (Å²) in [4.78, 5) is 4.79. The SMILES string of the molecule is CONCc1ccc2c(c1OC)OCO2. The van der Waals surface area contributed by atoms with Crippen molar-refractivity contribution in [1.82, 2.24) is 5.48 Å². The smallest absolute Gasteiger partial charge is 0.231 e. The Hall–Kier alpha value is -1.46. The summed E-state index contributed by atoms with van der Waals surface area (Å²) in [6, 6.07) is 3.77. The molecule has 5 heteroatoms. The quantitative estimate of drug-likeness (QED) is 0.755. The summed E-state index contributed by atoms with van der Waals surface area (Å²) in [5.74, 6) is 2.07. The maximum absolute atomic E-state index is 5.33. The van der Waals surface area contributed by atoms with E-state index in [1.54, 1.807) is 14.2 Å². The van der Waals surface area contributed by atoms with Gasteiger partial charge in [0.25, 0.3) is 0 Å². The molecule has 0 saturated heterocycles. The van der Waals surface area contributed by atoms with Crippen LogP contribution in [-0.4, -0.2) is 21.0 Å². The summed E-state index contributed by atoms with van der Waals surface area (Å²) in [5.41, 5.74) is 3.72. The van der Waals surface area contributed by atoms with Gasteiger partial charge in [-0.3, -0.25) is 0 Å². The predicted octanol–water partition coefficient (Wildman–Crippen LogP) is 1.07. The van der Waals surface area contributed by atoms with Gasteiger partial charge in [0.2, 0.25) is 12.5 Å². The topological polar surface area (TPSA) is 49.0 Å². The van der Waals surface area contributed by atoms with E-state index in [-0.39, 0.29) is 6.79 Å². The van der Waals surface area contributed by atoms with Crippen LogP contribution in [0.3, 0.4) is 0 Å². The Labute approximate surface area is 87.8 Å². The average molecular weight is 211 g/mol. The molecule has 1 aliphatic heterocycles. The van der Waals surface area contributed by atoms with Crippen LogP contribution in [-0.2, 0) is 11.4 Å². The van der Waals surface area contributed by atoms with Crippen molar-refractivity contribution >= 4 is 0 Å². The zero-order chi connectivity index (χ0) is 10.7. The zero-order valence-electron chi connectivity index (χ0n) is 8.70. The molecular formula is C10H13NO4. The number of ether oxygens (including phenoxy) is 3. The Kier molecular flexibility index (Phi) is 2.94. The van der Waals surface area contributed by atoms with Crippen molar-refractivity contribution in [1.29, 1.82) is 0 Å². The number of benzene rings is 1. The summed E-state index contributed by atoms with van der Waals surface area (Å²) in [7, 11) is 3.17. The molecule has 1 aromatic rings. The van der Waals surface area contributed by atoms with Gasteiger partial charge >= 0.3 is 0 Å². The zero-order valence-corrected chi connectivity index (χ0v) is 8.70. The molecular weight excluding hydrogens is 198 g/mol. The molecule has 1 N–H and O–H groups in total. The van der Waals surface area contributed by atoms with Crippen LogP contribution < -0.4 is 19.7 Å². The lowest BCUT2D eigenvalue weighted by atomic mass is 10.1. The van der Waals surface area contributed by atoms with E-state index in [2.05, 4.69) is 5.48 Å². The molecule has 0 bridgehead atoms. The number of rotatable bonds is 4. The van der Waals surface area contributed by atoms with Gasteiger partial charge in [0.05, 0.1) is 14.2 Å². The van der Waals surface area contributed by atoms with Crippen molar-refractivity contribution in [3.63, 3.8) is 0 Å². The van der Waals surface area contributed by atoms with Crippen molar-refractivity contribution in [3.05, 3.63) is 17.7 Å². The first kappa shape index (κ1) is 10.1. The Balaban J connectivity index is 2.30. The molecule has 2 rings (SSSR count). The molecule has 1 heterocycles. The fourth-order valence-electron chi connectivity index (χ4n) is 1.50. The van der Waals surface area contributed by atoms with Gasteiger partial charge in [-0.15, -0.1) is 0 Å². The molecule has 0 fully saturated rings. The van der Waals surface area contributed by atoms with Gasteiger partial charge in [0, 0.05) is 12.1 Å². The molecule has 0 spiro atoms. The summed E-state index contributed by atoms with van der Waals surface area (Å²) >= 11 is 0. The normalized spacial score (nSPS) is 12.9. The van der Waals surface area contributed by atoms with Crippen molar-refractivity contribution < 1.29 is 19.0 Å². The third-order valence-corrected chi connectivity index (χ3v) is 2.19. The summed E-state index contributed by atoms with van der Waals surface area (Å²) < 4.78 is 15.9. The van der Waals surface area contributed by atoms with Crippen molar-refractivity contribution in [2.24, 2.45) is 0 Å². The molecule has 1 aromatic carbocycles. The highest BCUT2D eigenvalue weighted by atomic mass is 16.7. The Morgan fingerprint density at radius 1 is 1.33 bits per heavy atom. The Morgan fingerprint density at radius 3 is 2.93 bits per heavy atom. The predicted molar refractivity (Wildman–Crippen MR) is 53.0 cm³/mol.